The van der Waals surface area contributed by atoms with Crippen molar-refractivity contribution >= 4 is 0 Å². The molecule has 2 nitrogen and oxygen atoms in total. The zero-order valence-electron chi connectivity index (χ0n) is 11.2. The van der Waals surface area contributed by atoms with E-state index in [1.54, 1.807) is 0 Å². The lowest BCUT2D eigenvalue weighted by Gasteiger charge is -2.18. The molecule has 1 heterocycles. The van der Waals surface area contributed by atoms with Gasteiger partial charge in [0.1, 0.15) is 0 Å². The van der Waals surface area contributed by atoms with E-state index in [1.807, 2.05) is 6.20 Å². The monoisotopic (exact) mass is 232 g/mol. The summed E-state index contributed by atoms with van der Waals surface area (Å²) in [7, 11) is 0. The number of rotatable bonds is 6. The van der Waals surface area contributed by atoms with Gasteiger partial charge in [-0.3, -0.25) is 4.98 Å². The second-order valence-electron chi connectivity index (χ2n) is 5.47. The first kappa shape index (κ1) is 12.6. The Bertz CT molecular complexity index is 344. The summed E-state index contributed by atoms with van der Waals surface area (Å²) in [5.41, 5.74) is 2.47. The van der Waals surface area contributed by atoms with Crippen molar-refractivity contribution in [3.63, 3.8) is 0 Å². The Balaban J connectivity index is 1.94. The van der Waals surface area contributed by atoms with Gasteiger partial charge in [-0.05, 0) is 49.8 Å². The lowest BCUT2D eigenvalue weighted by Crippen LogP contribution is -2.34. The van der Waals surface area contributed by atoms with Crippen LogP contribution in [-0.4, -0.2) is 17.6 Å². The molecule has 0 radical (unpaired) electrons. The third kappa shape index (κ3) is 3.53. The first-order chi connectivity index (χ1) is 8.20. The topological polar surface area (TPSA) is 24.9 Å². The van der Waals surface area contributed by atoms with Crippen LogP contribution in [0.25, 0.3) is 0 Å². The number of hydrogen-bond donors (Lipinski definition) is 1. The van der Waals surface area contributed by atoms with Crippen molar-refractivity contribution in [1.82, 2.24) is 10.3 Å². The molecule has 1 aromatic rings. The van der Waals surface area contributed by atoms with Crippen molar-refractivity contribution in [2.45, 2.75) is 46.1 Å². The number of hydrogen-bond acceptors (Lipinski definition) is 2. The van der Waals surface area contributed by atoms with Crippen molar-refractivity contribution in [3.8, 4) is 0 Å². The molecule has 1 aliphatic rings. The van der Waals surface area contributed by atoms with Crippen LogP contribution in [0.15, 0.2) is 18.3 Å². The van der Waals surface area contributed by atoms with Crippen molar-refractivity contribution in [3.05, 3.63) is 29.6 Å². The summed E-state index contributed by atoms with van der Waals surface area (Å²) in [4.78, 5) is 4.52. The van der Waals surface area contributed by atoms with Crippen molar-refractivity contribution < 1.29 is 0 Å². The van der Waals surface area contributed by atoms with Gasteiger partial charge in [-0.15, -0.1) is 0 Å². The molecule has 2 heteroatoms. The number of aromatic nitrogens is 1. The summed E-state index contributed by atoms with van der Waals surface area (Å²) < 4.78 is 0. The van der Waals surface area contributed by atoms with Gasteiger partial charge >= 0.3 is 0 Å². The van der Waals surface area contributed by atoms with E-state index < -0.39 is 0 Å². The third-order valence-corrected chi connectivity index (χ3v) is 3.75. The standard InChI is InChI=1S/C15H24N2/c1-4-7-16-15(14-8-12(14)3)9-13-6-5-11(2)10-17-13/h5-6,10,12,14-16H,4,7-9H2,1-3H3. The fourth-order valence-corrected chi connectivity index (χ4v) is 2.46. The van der Waals surface area contributed by atoms with E-state index in [2.05, 4.69) is 43.2 Å². The summed E-state index contributed by atoms with van der Waals surface area (Å²) >= 11 is 0. The molecule has 3 unspecified atom stereocenters. The number of nitrogens with one attached hydrogen (secondary N) is 1. The van der Waals surface area contributed by atoms with Gasteiger partial charge in [0.25, 0.3) is 0 Å². The highest BCUT2D eigenvalue weighted by Crippen LogP contribution is 2.41. The molecule has 0 amide bonds. The lowest BCUT2D eigenvalue weighted by molar-refractivity contribution is 0.440. The van der Waals surface area contributed by atoms with E-state index in [-0.39, 0.29) is 0 Å². The molecule has 0 aromatic carbocycles. The van der Waals surface area contributed by atoms with E-state index in [0.717, 1.165) is 24.8 Å². The van der Waals surface area contributed by atoms with Gasteiger partial charge in [0.15, 0.2) is 0 Å². The molecule has 2 rings (SSSR count). The van der Waals surface area contributed by atoms with Crippen LogP contribution in [0, 0.1) is 18.8 Å². The molecule has 3 atom stereocenters. The lowest BCUT2D eigenvalue weighted by atomic mass is 10.0. The maximum Gasteiger partial charge on any atom is 0.0419 e. The average Bonchev–Trinajstić information content (AvgIpc) is 3.04. The zero-order valence-corrected chi connectivity index (χ0v) is 11.2. The summed E-state index contributed by atoms with van der Waals surface area (Å²) in [5, 5.41) is 3.68. The predicted molar refractivity (Wildman–Crippen MR) is 72.0 cm³/mol. The van der Waals surface area contributed by atoms with Crippen LogP contribution in [0.5, 0.6) is 0 Å². The molecule has 94 valence electrons. The van der Waals surface area contributed by atoms with Gasteiger partial charge in [0, 0.05) is 24.4 Å². The Morgan fingerprint density at radius 2 is 2.24 bits per heavy atom. The zero-order chi connectivity index (χ0) is 12.3. The van der Waals surface area contributed by atoms with Crippen LogP contribution in [0.1, 0.15) is 37.9 Å². The summed E-state index contributed by atoms with van der Waals surface area (Å²) in [6.07, 6.45) is 5.64. The van der Waals surface area contributed by atoms with Crippen LogP contribution in [0.2, 0.25) is 0 Å². The first-order valence-electron chi connectivity index (χ1n) is 6.85. The fourth-order valence-electron chi connectivity index (χ4n) is 2.46. The minimum atomic E-state index is 0.625. The van der Waals surface area contributed by atoms with Gasteiger partial charge in [-0.25, -0.2) is 0 Å². The largest absolute Gasteiger partial charge is 0.313 e. The summed E-state index contributed by atoms with van der Waals surface area (Å²) in [6, 6.07) is 4.96. The first-order valence-corrected chi connectivity index (χ1v) is 6.85. The minimum Gasteiger partial charge on any atom is -0.313 e. The van der Waals surface area contributed by atoms with Crippen molar-refractivity contribution in [2.24, 2.45) is 11.8 Å². The Morgan fingerprint density at radius 1 is 1.47 bits per heavy atom. The molecule has 0 spiro atoms. The highest BCUT2D eigenvalue weighted by molar-refractivity contribution is 5.14. The summed E-state index contributed by atoms with van der Waals surface area (Å²) in [5.74, 6) is 1.76. The van der Waals surface area contributed by atoms with E-state index >= 15 is 0 Å². The second kappa shape index (κ2) is 5.63. The maximum absolute atomic E-state index is 4.52. The van der Waals surface area contributed by atoms with Gasteiger partial charge in [0.05, 0.1) is 0 Å². The Hall–Kier alpha value is -0.890. The normalized spacial score (nSPS) is 24.6. The molecule has 1 fully saturated rings. The van der Waals surface area contributed by atoms with Gasteiger partial charge in [-0.2, -0.15) is 0 Å². The van der Waals surface area contributed by atoms with Crippen LogP contribution in [0.4, 0.5) is 0 Å². The molecule has 1 saturated carbocycles. The van der Waals surface area contributed by atoms with Crippen molar-refractivity contribution in [1.29, 1.82) is 0 Å². The van der Waals surface area contributed by atoms with Crippen LogP contribution < -0.4 is 5.32 Å². The summed E-state index contributed by atoms with van der Waals surface area (Å²) in [6.45, 7) is 7.80. The predicted octanol–water partition coefficient (Wildman–Crippen LogP) is 2.96. The quantitative estimate of drug-likeness (QED) is 0.815. The Morgan fingerprint density at radius 3 is 2.76 bits per heavy atom. The maximum atomic E-state index is 4.52. The second-order valence-corrected chi connectivity index (χ2v) is 5.47. The van der Waals surface area contributed by atoms with Crippen LogP contribution in [0.3, 0.4) is 0 Å². The number of nitrogens with zero attached hydrogens (tertiary/aromatic N) is 1. The Labute approximate surface area is 105 Å². The van der Waals surface area contributed by atoms with Crippen molar-refractivity contribution in [2.75, 3.05) is 6.54 Å². The third-order valence-electron chi connectivity index (χ3n) is 3.75. The van der Waals surface area contributed by atoms with E-state index in [4.69, 9.17) is 0 Å². The molecule has 0 saturated heterocycles. The molecule has 0 bridgehead atoms. The van der Waals surface area contributed by atoms with E-state index in [9.17, 15) is 0 Å². The van der Waals surface area contributed by atoms with Gasteiger partial charge < -0.3 is 5.32 Å². The van der Waals surface area contributed by atoms with Gasteiger partial charge in [-0.1, -0.05) is 19.9 Å². The van der Waals surface area contributed by atoms with Crippen LogP contribution >= 0.6 is 0 Å². The van der Waals surface area contributed by atoms with E-state index in [1.165, 1.54) is 24.1 Å². The number of pyridine rings is 1. The molecule has 17 heavy (non-hydrogen) atoms. The molecular formula is C15H24N2. The molecule has 1 aromatic heterocycles. The SMILES string of the molecule is CCCNC(Cc1ccc(C)cn1)C1CC1C. The number of aryl methyl sites for hydroxylation is 1. The molecule has 1 aliphatic carbocycles. The van der Waals surface area contributed by atoms with E-state index in [0.29, 0.717) is 6.04 Å². The minimum absolute atomic E-state index is 0.625. The highest BCUT2D eigenvalue weighted by Gasteiger charge is 2.39. The van der Waals surface area contributed by atoms with Gasteiger partial charge in [0.2, 0.25) is 0 Å². The molecular weight excluding hydrogens is 208 g/mol. The smallest absolute Gasteiger partial charge is 0.0419 e. The molecule has 1 N–H and O–H groups in total. The molecule has 0 aliphatic heterocycles. The Kier molecular flexibility index (Phi) is 4.16. The fraction of sp³-hybridized carbons (Fsp3) is 0.667. The van der Waals surface area contributed by atoms with Crippen LogP contribution in [-0.2, 0) is 6.42 Å². The highest BCUT2D eigenvalue weighted by atomic mass is 14.9. The average molecular weight is 232 g/mol.